The van der Waals surface area contributed by atoms with Crippen molar-refractivity contribution in [3.05, 3.63) is 52.6 Å². The molecule has 0 spiro atoms. The third-order valence-electron chi connectivity index (χ3n) is 5.60. The van der Waals surface area contributed by atoms with Crippen LogP contribution in [0.15, 0.2) is 36.4 Å². The van der Waals surface area contributed by atoms with Crippen molar-refractivity contribution in [2.24, 2.45) is 0 Å². The minimum absolute atomic E-state index is 0.0108. The normalized spacial score (nSPS) is 27.4. The zero-order chi connectivity index (χ0) is 24.6. The number of alkyl halides is 1. The highest BCUT2D eigenvalue weighted by Gasteiger charge is 2.54. The van der Waals surface area contributed by atoms with Crippen LogP contribution in [0.5, 0.6) is 0 Å². The summed E-state index contributed by atoms with van der Waals surface area (Å²) in [5.74, 6) is 0.0216. The molecule has 1 fully saturated rings. The van der Waals surface area contributed by atoms with Crippen LogP contribution < -0.4 is 10.0 Å². The summed E-state index contributed by atoms with van der Waals surface area (Å²) in [4.78, 5) is 12.8. The van der Waals surface area contributed by atoms with Gasteiger partial charge < -0.3 is 14.8 Å². The van der Waals surface area contributed by atoms with Crippen LogP contribution in [0.25, 0.3) is 0 Å². The van der Waals surface area contributed by atoms with E-state index in [1.807, 2.05) is 32.4 Å². The number of hydrogen-bond acceptors (Lipinski definition) is 5. The number of halogens is 2. The van der Waals surface area contributed by atoms with E-state index in [0.717, 1.165) is 17.2 Å². The van der Waals surface area contributed by atoms with E-state index in [1.165, 1.54) is 18.2 Å². The van der Waals surface area contributed by atoms with Gasteiger partial charge in [-0.25, -0.2) is 22.3 Å². The maximum absolute atomic E-state index is 15.9. The fourth-order valence-electron chi connectivity index (χ4n) is 3.95. The van der Waals surface area contributed by atoms with Crippen molar-refractivity contribution in [2.45, 2.75) is 69.8 Å². The number of allylic oxidation sites excluding steroid dienone is 2. The van der Waals surface area contributed by atoms with Crippen molar-refractivity contribution in [1.82, 2.24) is 4.72 Å². The molecule has 182 valence electrons. The number of anilines is 1. The molecule has 1 aliphatic heterocycles. The Balaban J connectivity index is 1.87. The predicted molar refractivity (Wildman–Crippen MR) is 127 cm³/mol. The van der Waals surface area contributed by atoms with E-state index in [4.69, 9.17) is 21.1 Å². The molecule has 1 heterocycles. The first-order valence-electron chi connectivity index (χ1n) is 10.8. The van der Waals surface area contributed by atoms with Crippen LogP contribution in [0, 0.1) is 0 Å². The predicted octanol–water partition coefficient (Wildman–Crippen LogP) is 5.00. The van der Waals surface area contributed by atoms with E-state index >= 15 is 4.39 Å². The lowest BCUT2D eigenvalue weighted by molar-refractivity contribution is -0.131. The van der Waals surface area contributed by atoms with Crippen LogP contribution in [-0.4, -0.2) is 44.4 Å². The molecule has 0 saturated carbocycles. The second-order valence-electron chi connectivity index (χ2n) is 8.97. The number of nitrogens with one attached hydrogen (secondary N) is 2. The van der Waals surface area contributed by atoms with Crippen molar-refractivity contribution in [2.75, 3.05) is 11.9 Å². The van der Waals surface area contributed by atoms with Gasteiger partial charge in [-0.1, -0.05) is 57.5 Å². The largest absolute Gasteiger partial charge is 0.346 e. The molecule has 0 radical (unpaired) electrons. The van der Waals surface area contributed by atoms with Gasteiger partial charge in [-0.3, -0.25) is 0 Å². The van der Waals surface area contributed by atoms with Crippen LogP contribution in [-0.2, 0) is 19.5 Å². The van der Waals surface area contributed by atoms with Gasteiger partial charge in [0.15, 0.2) is 6.29 Å². The summed E-state index contributed by atoms with van der Waals surface area (Å²) in [6.45, 7) is 9.60. The van der Waals surface area contributed by atoms with Gasteiger partial charge in [0.1, 0.15) is 5.25 Å². The number of carbonyl (C=O) groups excluding carboxylic acids is 1. The average molecular weight is 501 g/mol. The topological polar surface area (TPSA) is 93.7 Å². The maximum atomic E-state index is 15.9. The summed E-state index contributed by atoms with van der Waals surface area (Å²) in [6, 6.07) is 2.48. The molecule has 0 bridgehead atoms. The fraction of sp³-hybridized carbons (Fsp3) is 0.522. The smallest absolute Gasteiger partial charge is 0.332 e. The highest BCUT2D eigenvalue weighted by atomic mass is 35.5. The van der Waals surface area contributed by atoms with Gasteiger partial charge in [-0.05, 0) is 48.1 Å². The lowest BCUT2D eigenvalue weighted by Gasteiger charge is -2.34. The van der Waals surface area contributed by atoms with Crippen molar-refractivity contribution in [3.63, 3.8) is 0 Å². The van der Waals surface area contributed by atoms with Crippen LogP contribution in [0.3, 0.4) is 0 Å². The molecule has 4 atom stereocenters. The quantitative estimate of drug-likeness (QED) is 0.573. The number of amides is 2. The Labute approximate surface area is 199 Å². The molecule has 7 nitrogen and oxygen atoms in total. The second kappa shape index (κ2) is 9.74. The Morgan fingerprint density at radius 2 is 1.79 bits per heavy atom. The number of sulfonamides is 1. The molecule has 1 aromatic rings. The molecule has 2 amide bonds. The summed E-state index contributed by atoms with van der Waals surface area (Å²) in [5.41, 5.74) is -0.487. The van der Waals surface area contributed by atoms with Crippen molar-refractivity contribution in [1.29, 1.82) is 0 Å². The average Bonchev–Trinajstić information content (AvgIpc) is 3.15. The molecule has 2 aliphatic rings. The molecule has 4 unspecified atom stereocenters. The summed E-state index contributed by atoms with van der Waals surface area (Å²) in [7, 11) is -4.50. The van der Waals surface area contributed by atoms with E-state index in [-0.39, 0.29) is 24.5 Å². The van der Waals surface area contributed by atoms with Gasteiger partial charge in [0.05, 0.1) is 12.7 Å². The minimum atomic E-state index is -4.50. The fourth-order valence-corrected chi connectivity index (χ4v) is 5.58. The SMILES string of the molecule is CC1COC(C2(F)C=CC=CC2S(=O)(=O)NC(=O)Nc2c(C(C)C)cc(Cl)cc2C(C)C)O1. The van der Waals surface area contributed by atoms with E-state index in [1.54, 1.807) is 19.1 Å². The highest BCUT2D eigenvalue weighted by Crippen LogP contribution is 2.38. The van der Waals surface area contributed by atoms with Gasteiger partial charge in [0, 0.05) is 10.7 Å². The lowest BCUT2D eigenvalue weighted by atomic mass is 9.92. The molecule has 1 aromatic carbocycles. The van der Waals surface area contributed by atoms with Crippen LogP contribution in [0.4, 0.5) is 14.9 Å². The van der Waals surface area contributed by atoms with E-state index in [2.05, 4.69) is 5.32 Å². The Hall–Kier alpha value is -1.94. The Bertz CT molecular complexity index is 1040. The number of rotatable bonds is 6. The lowest BCUT2D eigenvalue weighted by Crippen LogP contribution is -2.55. The Morgan fingerprint density at radius 3 is 2.30 bits per heavy atom. The maximum Gasteiger partial charge on any atom is 0.332 e. The molecular weight excluding hydrogens is 471 g/mol. The van der Waals surface area contributed by atoms with E-state index in [9.17, 15) is 13.2 Å². The number of benzene rings is 1. The second-order valence-corrected chi connectivity index (χ2v) is 11.2. The van der Waals surface area contributed by atoms with Crippen LogP contribution in [0.1, 0.15) is 57.6 Å². The third-order valence-corrected chi connectivity index (χ3v) is 7.48. The molecule has 2 N–H and O–H groups in total. The first-order chi connectivity index (χ1) is 15.3. The van der Waals surface area contributed by atoms with Crippen molar-refractivity contribution in [3.8, 4) is 0 Å². The first-order valence-corrected chi connectivity index (χ1v) is 12.8. The Kier molecular flexibility index (Phi) is 7.58. The van der Waals surface area contributed by atoms with Crippen molar-refractivity contribution >= 4 is 33.3 Å². The van der Waals surface area contributed by atoms with Gasteiger partial charge in [-0.15, -0.1) is 0 Å². The third kappa shape index (κ3) is 5.42. The summed E-state index contributed by atoms with van der Waals surface area (Å²) >= 11 is 6.25. The van der Waals surface area contributed by atoms with E-state index in [0.29, 0.717) is 10.7 Å². The molecule has 1 aliphatic carbocycles. The molecule has 10 heteroatoms. The van der Waals surface area contributed by atoms with Gasteiger partial charge >= 0.3 is 6.03 Å². The zero-order valence-electron chi connectivity index (χ0n) is 19.3. The van der Waals surface area contributed by atoms with Crippen LogP contribution in [0.2, 0.25) is 5.02 Å². The summed E-state index contributed by atoms with van der Waals surface area (Å²) in [5, 5.41) is 1.45. The number of ether oxygens (including phenoxy) is 2. The minimum Gasteiger partial charge on any atom is -0.346 e. The molecule has 1 saturated heterocycles. The van der Waals surface area contributed by atoms with E-state index < -0.39 is 33.3 Å². The molecule has 33 heavy (non-hydrogen) atoms. The van der Waals surface area contributed by atoms with Gasteiger partial charge in [0.2, 0.25) is 15.7 Å². The molecule has 3 rings (SSSR count). The summed E-state index contributed by atoms with van der Waals surface area (Å²) in [6.07, 6.45) is 3.27. The summed E-state index contributed by atoms with van der Waals surface area (Å²) < 4.78 is 54.9. The van der Waals surface area contributed by atoms with Crippen LogP contribution >= 0.6 is 11.6 Å². The highest BCUT2D eigenvalue weighted by molar-refractivity contribution is 7.91. The number of carbonyl (C=O) groups is 1. The Morgan fingerprint density at radius 1 is 1.18 bits per heavy atom. The molecule has 0 aromatic heterocycles. The van der Waals surface area contributed by atoms with Gasteiger partial charge in [-0.2, -0.15) is 0 Å². The van der Waals surface area contributed by atoms with Gasteiger partial charge in [0.25, 0.3) is 0 Å². The zero-order valence-corrected chi connectivity index (χ0v) is 20.8. The monoisotopic (exact) mass is 500 g/mol. The number of hydrogen-bond donors (Lipinski definition) is 2. The standard InChI is InChI=1S/C23H30ClFN2O5S/c1-13(2)17-10-16(24)11-18(14(3)4)20(17)26-22(28)27-33(29,30)19-8-6-7-9-23(19,25)21-31-12-15(5)32-21/h6-11,13-15,19,21H,12H2,1-5H3,(H2,26,27,28). The first kappa shape index (κ1) is 25.7. The molecular formula is C23H30ClFN2O5S. The number of urea groups is 1. The van der Waals surface area contributed by atoms with Crippen molar-refractivity contribution < 1.29 is 27.1 Å².